The maximum Gasteiger partial charge on any atom is 0.191 e. The van der Waals surface area contributed by atoms with Crippen LogP contribution in [-0.4, -0.2) is 13.2 Å². The van der Waals surface area contributed by atoms with E-state index in [1.54, 1.807) is 0 Å². The van der Waals surface area contributed by atoms with Crippen molar-refractivity contribution >= 4 is 15.9 Å². The SMILES string of the molecule is C=C(Br)COc1c(F)cc(CCN)cc1F. The van der Waals surface area contributed by atoms with E-state index in [-0.39, 0.29) is 12.4 Å². The van der Waals surface area contributed by atoms with Gasteiger partial charge < -0.3 is 10.5 Å². The first kappa shape index (κ1) is 13.1. The van der Waals surface area contributed by atoms with Gasteiger partial charge in [0.05, 0.1) is 0 Å². The van der Waals surface area contributed by atoms with Crippen LogP contribution in [0.4, 0.5) is 8.78 Å². The van der Waals surface area contributed by atoms with Gasteiger partial charge in [0, 0.05) is 4.48 Å². The molecule has 0 aliphatic heterocycles. The Kier molecular flexibility index (Phi) is 4.89. The molecule has 0 fully saturated rings. The van der Waals surface area contributed by atoms with Crippen molar-refractivity contribution in [2.24, 2.45) is 5.73 Å². The summed E-state index contributed by atoms with van der Waals surface area (Å²) in [5.41, 5.74) is 5.82. The van der Waals surface area contributed by atoms with Gasteiger partial charge >= 0.3 is 0 Å². The molecule has 0 heterocycles. The molecule has 0 aromatic heterocycles. The van der Waals surface area contributed by atoms with Crippen molar-refractivity contribution in [3.05, 3.63) is 40.4 Å². The minimum Gasteiger partial charge on any atom is -0.482 e. The van der Waals surface area contributed by atoms with E-state index in [0.717, 1.165) is 0 Å². The molecule has 0 radical (unpaired) electrons. The number of ether oxygens (including phenoxy) is 1. The third kappa shape index (κ3) is 3.57. The fourth-order valence-corrected chi connectivity index (χ4v) is 1.33. The molecule has 0 saturated heterocycles. The highest BCUT2D eigenvalue weighted by Crippen LogP contribution is 2.24. The predicted octanol–water partition coefficient (Wildman–Crippen LogP) is 2.75. The maximum atomic E-state index is 13.4. The zero-order chi connectivity index (χ0) is 12.1. The average molecular weight is 292 g/mol. The van der Waals surface area contributed by atoms with Gasteiger partial charge in [0.2, 0.25) is 0 Å². The second kappa shape index (κ2) is 5.96. The number of hydrogen-bond acceptors (Lipinski definition) is 2. The van der Waals surface area contributed by atoms with Gasteiger partial charge in [-0.2, -0.15) is 0 Å². The van der Waals surface area contributed by atoms with Gasteiger partial charge in [-0.3, -0.25) is 0 Å². The molecule has 0 saturated carbocycles. The van der Waals surface area contributed by atoms with E-state index in [1.165, 1.54) is 12.1 Å². The van der Waals surface area contributed by atoms with Gasteiger partial charge in [-0.1, -0.05) is 22.5 Å². The zero-order valence-corrected chi connectivity index (χ0v) is 10.2. The van der Waals surface area contributed by atoms with Gasteiger partial charge in [0.1, 0.15) is 6.61 Å². The summed E-state index contributed by atoms with van der Waals surface area (Å²) in [6.45, 7) is 3.87. The molecular formula is C11H12BrF2NO. The highest BCUT2D eigenvalue weighted by molar-refractivity contribution is 9.11. The molecule has 0 aliphatic carbocycles. The van der Waals surface area contributed by atoms with Crippen molar-refractivity contribution in [2.75, 3.05) is 13.2 Å². The molecule has 1 aromatic rings. The van der Waals surface area contributed by atoms with E-state index in [2.05, 4.69) is 22.5 Å². The van der Waals surface area contributed by atoms with Gasteiger partial charge in [0.15, 0.2) is 17.4 Å². The van der Waals surface area contributed by atoms with E-state index in [1.807, 2.05) is 0 Å². The van der Waals surface area contributed by atoms with Crippen molar-refractivity contribution < 1.29 is 13.5 Å². The first-order valence-corrected chi connectivity index (χ1v) is 5.48. The average Bonchev–Trinajstić information content (AvgIpc) is 2.16. The van der Waals surface area contributed by atoms with Crippen LogP contribution in [0.25, 0.3) is 0 Å². The van der Waals surface area contributed by atoms with Crippen LogP contribution in [0.1, 0.15) is 5.56 Å². The Hall–Kier alpha value is -0.940. The van der Waals surface area contributed by atoms with E-state index in [9.17, 15) is 8.78 Å². The summed E-state index contributed by atoms with van der Waals surface area (Å²) in [6, 6.07) is 2.45. The third-order valence-electron chi connectivity index (χ3n) is 1.86. The Balaban J connectivity index is 2.89. The van der Waals surface area contributed by atoms with Crippen LogP contribution in [0.15, 0.2) is 23.2 Å². The molecule has 0 unspecified atom stereocenters. The largest absolute Gasteiger partial charge is 0.482 e. The van der Waals surface area contributed by atoms with E-state index in [4.69, 9.17) is 10.5 Å². The molecule has 0 atom stereocenters. The summed E-state index contributed by atoms with van der Waals surface area (Å²) in [6.07, 6.45) is 0.430. The van der Waals surface area contributed by atoms with E-state index in [0.29, 0.717) is 23.0 Å². The highest BCUT2D eigenvalue weighted by Gasteiger charge is 2.12. The Bertz CT molecular complexity index is 373. The van der Waals surface area contributed by atoms with Crippen molar-refractivity contribution in [1.82, 2.24) is 0 Å². The van der Waals surface area contributed by atoms with Crippen molar-refractivity contribution in [3.8, 4) is 5.75 Å². The van der Waals surface area contributed by atoms with Crippen molar-refractivity contribution in [1.29, 1.82) is 0 Å². The fourth-order valence-electron chi connectivity index (χ4n) is 1.21. The number of rotatable bonds is 5. The predicted molar refractivity (Wildman–Crippen MR) is 62.7 cm³/mol. The molecule has 88 valence electrons. The second-order valence-electron chi connectivity index (χ2n) is 3.23. The van der Waals surface area contributed by atoms with Crippen molar-refractivity contribution in [3.63, 3.8) is 0 Å². The molecule has 1 aromatic carbocycles. The summed E-state index contributed by atoms with van der Waals surface area (Å²) in [4.78, 5) is 0. The normalized spacial score (nSPS) is 10.2. The lowest BCUT2D eigenvalue weighted by molar-refractivity contribution is 0.318. The summed E-state index contributed by atoms with van der Waals surface area (Å²) in [7, 11) is 0. The van der Waals surface area contributed by atoms with Crippen LogP contribution in [0.2, 0.25) is 0 Å². The second-order valence-corrected chi connectivity index (χ2v) is 4.35. The number of halogens is 3. The molecule has 0 spiro atoms. The quantitative estimate of drug-likeness (QED) is 0.905. The lowest BCUT2D eigenvalue weighted by Gasteiger charge is -2.09. The lowest BCUT2D eigenvalue weighted by Crippen LogP contribution is -2.06. The first-order chi connectivity index (χ1) is 7.54. The topological polar surface area (TPSA) is 35.2 Å². The summed E-state index contributed by atoms with van der Waals surface area (Å²) in [5, 5.41) is 0. The van der Waals surface area contributed by atoms with Crippen molar-refractivity contribution in [2.45, 2.75) is 6.42 Å². The molecule has 2 nitrogen and oxygen atoms in total. The zero-order valence-electron chi connectivity index (χ0n) is 8.60. The Labute approximate surface area is 101 Å². The van der Waals surface area contributed by atoms with Gasteiger partial charge in [-0.05, 0) is 30.7 Å². The number of benzene rings is 1. The Morgan fingerprint density at radius 1 is 1.38 bits per heavy atom. The maximum absolute atomic E-state index is 13.4. The molecule has 1 rings (SSSR count). The smallest absolute Gasteiger partial charge is 0.191 e. The Morgan fingerprint density at radius 2 is 1.94 bits per heavy atom. The number of hydrogen-bond donors (Lipinski definition) is 1. The minimum atomic E-state index is -0.725. The first-order valence-electron chi connectivity index (χ1n) is 4.68. The van der Waals surface area contributed by atoms with E-state index >= 15 is 0 Å². The molecule has 0 amide bonds. The van der Waals surface area contributed by atoms with Crippen LogP contribution in [0, 0.1) is 11.6 Å². The fraction of sp³-hybridized carbons (Fsp3) is 0.273. The van der Waals surface area contributed by atoms with Gasteiger partial charge in [0.25, 0.3) is 0 Å². The highest BCUT2D eigenvalue weighted by atomic mass is 79.9. The lowest BCUT2D eigenvalue weighted by atomic mass is 10.1. The van der Waals surface area contributed by atoms with Crippen LogP contribution in [0.3, 0.4) is 0 Å². The standard InChI is InChI=1S/C11H12BrF2NO/c1-7(12)6-16-11-9(13)4-8(2-3-15)5-10(11)14/h4-5H,1-3,6,15H2. The summed E-state index contributed by atoms with van der Waals surface area (Å²) >= 11 is 3.04. The van der Waals surface area contributed by atoms with Crippen LogP contribution < -0.4 is 10.5 Å². The summed E-state index contributed by atoms with van der Waals surface area (Å²) in [5.74, 6) is -1.84. The van der Waals surface area contributed by atoms with Gasteiger partial charge in [-0.15, -0.1) is 0 Å². The molecule has 16 heavy (non-hydrogen) atoms. The van der Waals surface area contributed by atoms with Gasteiger partial charge in [-0.25, -0.2) is 8.78 Å². The third-order valence-corrected chi connectivity index (χ3v) is 2.09. The summed E-state index contributed by atoms with van der Waals surface area (Å²) < 4.78 is 32.3. The molecule has 0 aliphatic rings. The minimum absolute atomic E-state index is 0.0179. The van der Waals surface area contributed by atoms with E-state index < -0.39 is 11.6 Å². The monoisotopic (exact) mass is 291 g/mol. The van der Waals surface area contributed by atoms with Crippen LogP contribution >= 0.6 is 15.9 Å². The van der Waals surface area contributed by atoms with Crippen LogP contribution in [0.5, 0.6) is 5.75 Å². The molecule has 2 N–H and O–H groups in total. The molecule has 0 bridgehead atoms. The molecular weight excluding hydrogens is 280 g/mol. The molecule has 5 heteroatoms. The van der Waals surface area contributed by atoms with Crippen LogP contribution in [-0.2, 0) is 6.42 Å². The Morgan fingerprint density at radius 3 is 2.38 bits per heavy atom. The number of nitrogens with two attached hydrogens (primary N) is 1.